The topological polar surface area (TPSA) is 21.3 Å². The highest BCUT2D eigenvalue weighted by atomic mass is 35.5. The fraction of sp³-hybridized carbons (Fsp3) is 0.467. The van der Waals surface area contributed by atoms with Gasteiger partial charge in [-0.2, -0.15) is 0 Å². The molecule has 20 heavy (non-hydrogen) atoms. The quantitative estimate of drug-likeness (QED) is 0.858. The summed E-state index contributed by atoms with van der Waals surface area (Å²) in [6, 6.07) is 9.19. The van der Waals surface area contributed by atoms with Gasteiger partial charge in [0, 0.05) is 22.9 Å². The monoisotopic (exact) mass is 327 g/mol. The minimum Gasteiger partial charge on any atom is -0.381 e. The molecule has 3 unspecified atom stereocenters. The summed E-state index contributed by atoms with van der Waals surface area (Å²) < 4.78 is 6.32. The van der Waals surface area contributed by atoms with Crippen molar-refractivity contribution >= 4 is 34.3 Å². The van der Waals surface area contributed by atoms with Crippen LogP contribution in [0.15, 0.2) is 29.6 Å². The van der Waals surface area contributed by atoms with E-state index < -0.39 is 0 Å². The molecule has 2 nitrogen and oxygen atoms in total. The van der Waals surface area contributed by atoms with Gasteiger partial charge in [0.1, 0.15) is 0 Å². The first-order valence-electron chi connectivity index (χ1n) is 6.83. The van der Waals surface area contributed by atoms with E-state index in [0.717, 1.165) is 17.2 Å². The normalized spacial score (nSPS) is 24.1. The Hall–Kier alpha value is -0.390. The van der Waals surface area contributed by atoms with Crippen LogP contribution in [0.5, 0.6) is 0 Å². The van der Waals surface area contributed by atoms with E-state index in [9.17, 15) is 0 Å². The van der Waals surface area contributed by atoms with Gasteiger partial charge in [-0.25, -0.2) is 0 Å². The largest absolute Gasteiger partial charge is 0.381 e. The maximum absolute atomic E-state index is 6.10. The second-order valence-corrected chi connectivity index (χ2v) is 7.85. The van der Waals surface area contributed by atoms with Crippen molar-refractivity contribution in [2.24, 2.45) is 0 Å². The van der Waals surface area contributed by atoms with Crippen LogP contribution in [0.25, 0.3) is 0 Å². The van der Waals surface area contributed by atoms with Crippen LogP contribution in [0.1, 0.15) is 35.1 Å². The van der Waals surface area contributed by atoms with Gasteiger partial charge in [0.15, 0.2) is 0 Å². The van der Waals surface area contributed by atoms with E-state index >= 15 is 0 Å². The van der Waals surface area contributed by atoms with E-state index in [0.29, 0.717) is 12.1 Å². The summed E-state index contributed by atoms with van der Waals surface area (Å²) in [6.07, 6.45) is 3.83. The summed E-state index contributed by atoms with van der Waals surface area (Å²) in [6.45, 7) is 0. The van der Waals surface area contributed by atoms with Crippen LogP contribution < -0.4 is 5.32 Å². The molecule has 2 aromatic heterocycles. The number of rotatable bonds is 5. The molecule has 0 aliphatic heterocycles. The van der Waals surface area contributed by atoms with Crippen LogP contribution in [-0.2, 0) is 4.74 Å². The van der Waals surface area contributed by atoms with Crippen LogP contribution in [0, 0.1) is 0 Å². The number of methoxy groups -OCH3 is 1. The van der Waals surface area contributed by atoms with E-state index in [1.165, 1.54) is 16.2 Å². The van der Waals surface area contributed by atoms with Crippen LogP contribution in [0.4, 0.5) is 0 Å². The smallest absolute Gasteiger partial charge is 0.0931 e. The third-order valence-corrected chi connectivity index (χ3v) is 6.06. The highest BCUT2D eigenvalue weighted by Gasteiger charge is 2.28. The second kappa shape index (κ2) is 6.58. The van der Waals surface area contributed by atoms with Gasteiger partial charge in [-0.05, 0) is 42.8 Å². The van der Waals surface area contributed by atoms with Gasteiger partial charge in [0.25, 0.3) is 0 Å². The number of ether oxygens (including phenoxy) is 1. The summed E-state index contributed by atoms with van der Waals surface area (Å²) >= 11 is 9.56. The molecule has 5 heteroatoms. The molecule has 0 amide bonds. The Kier molecular flexibility index (Phi) is 4.79. The zero-order valence-electron chi connectivity index (χ0n) is 11.3. The van der Waals surface area contributed by atoms with Gasteiger partial charge in [-0.3, -0.25) is 0 Å². The Morgan fingerprint density at radius 2 is 2.20 bits per heavy atom. The minimum atomic E-state index is 0.258. The summed E-state index contributed by atoms with van der Waals surface area (Å²) in [7, 11) is 1.81. The molecule has 2 heterocycles. The highest BCUT2D eigenvalue weighted by molar-refractivity contribution is 7.16. The maximum atomic E-state index is 6.10. The first-order chi connectivity index (χ1) is 9.76. The zero-order valence-corrected chi connectivity index (χ0v) is 13.7. The van der Waals surface area contributed by atoms with E-state index in [1.807, 2.05) is 13.2 Å². The van der Waals surface area contributed by atoms with E-state index in [1.54, 1.807) is 22.7 Å². The van der Waals surface area contributed by atoms with Gasteiger partial charge in [-0.15, -0.1) is 22.7 Å². The summed E-state index contributed by atoms with van der Waals surface area (Å²) in [5, 5.41) is 5.93. The minimum absolute atomic E-state index is 0.258. The lowest BCUT2D eigenvalue weighted by molar-refractivity contribution is 0.106. The van der Waals surface area contributed by atoms with Crippen molar-refractivity contribution in [3.63, 3.8) is 0 Å². The SMILES string of the molecule is COC1CCC(NC(c2cccs2)c2ccc(Cl)s2)C1. The van der Waals surface area contributed by atoms with E-state index in [4.69, 9.17) is 16.3 Å². The molecule has 1 aliphatic rings. The zero-order chi connectivity index (χ0) is 13.9. The fourth-order valence-electron chi connectivity index (χ4n) is 2.78. The molecule has 0 saturated heterocycles. The molecule has 0 bridgehead atoms. The molecule has 1 fully saturated rings. The number of nitrogens with one attached hydrogen (secondary N) is 1. The van der Waals surface area contributed by atoms with Gasteiger partial charge in [0.05, 0.1) is 16.5 Å². The molecule has 1 saturated carbocycles. The summed E-state index contributed by atoms with van der Waals surface area (Å²) in [4.78, 5) is 2.64. The Morgan fingerprint density at radius 3 is 2.80 bits per heavy atom. The van der Waals surface area contributed by atoms with Crippen LogP contribution >= 0.6 is 34.3 Å². The van der Waals surface area contributed by atoms with E-state index in [-0.39, 0.29) is 6.04 Å². The van der Waals surface area contributed by atoms with Gasteiger partial charge in [-0.1, -0.05) is 17.7 Å². The first kappa shape index (κ1) is 14.5. The van der Waals surface area contributed by atoms with Crippen molar-refractivity contribution in [2.75, 3.05) is 7.11 Å². The average Bonchev–Trinajstić information content (AvgIpc) is 3.17. The molecule has 3 atom stereocenters. The molecular weight excluding hydrogens is 310 g/mol. The molecule has 3 rings (SSSR count). The summed E-state index contributed by atoms with van der Waals surface area (Å²) in [5.74, 6) is 0. The van der Waals surface area contributed by atoms with Gasteiger partial charge in [0.2, 0.25) is 0 Å². The molecule has 108 valence electrons. The molecule has 0 spiro atoms. The standard InChI is InChI=1S/C15H18ClNOS2/c1-18-11-5-4-10(9-11)17-15(12-3-2-8-19-12)13-6-7-14(16)20-13/h2-3,6-8,10-11,15,17H,4-5,9H2,1H3. The number of hydrogen-bond acceptors (Lipinski definition) is 4. The summed E-state index contributed by atoms with van der Waals surface area (Å²) in [5.41, 5.74) is 0. The van der Waals surface area contributed by atoms with Crippen molar-refractivity contribution in [1.82, 2.24) is 5.32 Å². The third-order valence-electron chi connectivity index (χ3n) is 3.83. The molecule has 2 aromatic rings. The number of halogens is 1. The van der Waals surface area contributed by atoms with Crippen molar-refractivity contribution in [3.8, 4) is 0 Å². The molecule has 1 N–H and O–H groups in total. The Balaban J connectivity index is 1.77. The van der Waals surface area contributed by atoms with Crippen molar-refractivity contribution in [3.05, 3.63) is 43.7 Å². The Labute approximate surface area is 132 Å². The lowest BCUT2D eigenvalue weighted by Crippen LogP contribution is -2.31. The fourth-order valence-corrected chi connectivity index (χ4v) is 4.80. The average molecular weight is 328 g/mol. The van der Waals surface area contributed by atoms with Crippen LogP contribution in [-0.4, -0.2) is 19.3 Å². The van der Waals surface area contributed by atoms with Crippen LogP contribution in [0.3, 0.4) is 0 Å². The Bertz CT molecular complexity index is 540. The lowest BCUT2D eigenvalue weighted by Gasteiger charge is -2.21. The predicted molar refractivity (Wildman–Crippen MR) is 87.1 cm³/mol. The van der Waals surface area contributed by atoms with Crippen molar-refractivity contribution < 1.29 is 4.74 Å². The highest BCUT2D eigenvalue weighted by Crippen LogP contribution is 2.35. The first-order valence-corrected chi connectivity index (χ1v) is 8.91. The van der Waals surface area contributed by atoms with E-state index in [2.05, 4.69) is 28.9 Å². The van der Waals surface area contributed by atoms with Crippen molar-refractivity contribution in [1.29, 1.82) is 0 Å². The maximum Gasteiger partial charge on any atom is 0.0931 e. The number of thiophene rings is 2. The Morgan fingerprint density at radius 1 is 1.30 bits per heavy atom. The van der Waals surface area contributed by atoms with Gasteiger partial charge < -0.3 is 10.1 Å². The third kappa shape index (κ3) is 3.26. The molecule has 1 aliphatic carbocycles. The lowest BCUT2D eigenvalue weighted by atomic mass is 10.1. The molecular formula is C15H18ClNOS2. The van der Waals surface area contributed by atoms with Gasteiger partial charge >= 0.3 is 0 Å². The number of hydrogen-bond donors (Lipinski definition) is 1. The second-order valence-electron chi connectivity index (χ2n) is 5.12. The van der Waals surface area contributed by atoms with Crippen LogP contribution in [0.2, 0.25) is 4.34 Å². The molecule has 0 radical (unpaired) electrons. The molecule has 0 aromatic carbocycles. The predicted octanol–water partition coefficient (Wildman–Crippen LogP) is 4.71. The van der Waals surface area contributed by atoms with Crippen molar-refractivity contribution in [2.45, 2.75) is 37.5 Å².